The van der Waals surface area contributed by atoms with Crippen molar-refractivity contribution in [3.05, 3.63) is 29.6 Å². The van der Waals surface area contributed by atoms with E-state index >= 15 is 0 Å². The third-order valence-electron chi connectivity index (χ3n) is 2.82. The average Bonchev–Trinajstić information content (AvgIpc) is 2.28. The molecular formula is C14H20FNO2. The highest BCUT2D eigenvalue weighted by Crippen LogP contribution is 2.15. The fourth-order valence-electron chi connectivity index (χ4n) is 1.76. The first-order chi connectivity index (χ1) is 8.54. The number of phenolic OH excluding ortho intramolecular Hbond substituents is 1. The number of aromatic hydroxyl groups is 1. The molecule has 0 aliphatic rings. The van der Waals surface area contributed by atoms with Crippen LogP contribution in [0.3, 0.4) is 0 Å². The molecule has 0 bridgehead atoms. The number of hydrogen-bond acceptors (Lipinski definition) is 2. The Morgan fingerprint density at radius 2 is 2.17 bits per heavy atom. The largest absolute Gasteiger partial charge is 0.508 e. The summed E-state index contributed by atoms with van der Waals surface area (Å²) in [5.74, 6) is -1.31. The van der Waals surface area contributed by atoms with Crippen LogP contribution in [0.1, 0.15) is 49.9 Å². The highest BCUT2D eigenvalue weighted by Gasteiger charge is 2.14. The minimum atomic E-state index is -0.701. The molecule has 18 heavy (non-hydrogen) atoms. The van der Waals surface area contributed by atoms with Crippen molar-refractivity contribution in [2.75, 3.05) is 0 Å². The predicted molar refractivity (Wildman–Crippen MR) is 69.1 cm³/mol. The third-order valence-corrected chi connectivity index (χ3v) is 2.82. The number of hydrogen-bond donors (Lipinski definition) is 2. The van der Waals surface area contributed by atoms with Gasteiger partial charge in [-0.3, -0.25) is 4.79 Å². The second kappa shape index (κ2) is 6.99. The minimum Gasteiger partial charge on any atom is -0.508 e. The molecule has 3 nitrogen and oxygen atoms in total. The first-order valence-corrected chi connectivity index (χ1v) is 6.34. The molecule has 0 saturated carbocycles. The fourth-order valence-corrected chi connectivity index (χ4v) is 1.76. The molecule has 0 aliphatic carbocycles. The van der Waals surface area contributed by atoms with Crippen molar-refractivity contribution < 1.29 is 14.3 Å². The zero-order valence-corrected chi connectivity index (χ0v) is 10.9. The quantitative estimate of drug-likeness (QED) is 0.765. The SMILES string of the molecule is CCCCCC(C)NC(=O)c1ccc(O)cc1F. The highest BCUT2D eigenvalue weighted by molar-refractivity contribution is 5.94. The predicted octanol–water partition coefficient (Wildman–Crippen LogP) is 3.23. The zero-order valence-electron chi connectivity index (χ0n) is 10.9. The molecule has 0 heterocycles. The summed E-state index contributed by atoms with van der Waals surface area (Å²) in [5, 5.41) is 11.8. The second-order valence-electron chi connectivity index (χ2n) is 4.53. The van der Waals surface area contributed by atoms with E-state index in [0.717, 1.165) is 31.7 Å². The number of benzene rings is 1. The molecule has 1 aromatic rings. The number of amides is 1. The maximum absolute atomic E-state index is 13.4. The normalized spacial score (nSPS) is 12.2. The molecule has 0 saturated heterocycles. The number of rotatable bonds is 6. The van der Waals surface area contributed by atoms with Crippen molar-refractivity contribution in [2.24, 2.45) is 0 Å². The standard InChI is InChI=1S/C14H20FNO2/c1-3-4-5-6-10(2)16-14(18)12-8-7-11(17)9-13(12)15/h7-10,17H,3-6H2,1-2H3,(H,16,18). The van der Waals surface area contributed by atoms with Crippen molar-refractivity contribution in [3.63, 3.8) is 0 Å². The Balaban J connectivity index is 2.54. The third kappa shape index (κ3) is 4.35. The summed E-state index contributed by atoms with van der Waals surface area (Å²) >= 11 is 0. The molecule has 1 aromatic carbocycles. The van der Waals surface area contributed by atoms with Gasteiger partial charge in [-0.15, -0.1) is 0 Å². The summed E-state index contributed by atoms with van der Waals surface area (Å²) < 4.78 is 13.4. The van der Waals surface area contributed by atoms with Gasteiger partial charge in [-0.05, 0) is 25.5 Å². The molecule has 1 atom stereocenters. The van der Waals surface area contributed by atoms with Crippen molar-refractivity contribution >= 4 is 5.91 Å². The smallest absolute Gasteiger partial charge is 0.254 e. The first-order valence-electron chi connectivity index (χ1n) is 6.34. The molecule has 0 aromatic heterocycles. The average molecular weight is 253 g/mol. The van der Waals surface area contributed by atoms with Gasteiger partial charge in [0.2, 0.25) is 0 Å². The molecule has 100 valence electrons. The van der Waals surface area contributed by atoms with Gasteiger partial charge in [0, 0.05) is 12.1 Å². The van der Waals surface area contributed by atoms with Gasteiger partial charge in [-0.25, -0.2) is 4.39 Å². The minimum absolute atomic E-state index is 0.0252. The number of phenols is 1. The van der Waals surface area contributed by atoms with E-state index in [4.69, 9.17) is 5.11 Å². The van der Waals surface area contributed by atoms with E-state index in [1.165, 1.54) is 12.1 Å². The molecule has 0 radical (unpaired) electrons. The Morgan fingerprint density at radius 1 is 1.44 bits per heavy atom. The van der Waals surface area contributed by atoms with Crippen LogP contribution in [-0.4, -0.2) is 17.1 Å². The lowest BCUT2D eigenvalue weighted by Gasteiger charge is -2.14. The summed E-state index contributed by atoms with van der Waals surface area (Å²) in [5.41, 5.74) is -0.0323. The molecule has 1 unspecified atom stereocenters. The van der Waals surface area contributed by atoms with E-state index in [9.17, 15) is 9.18 Å². The summed E-state index contributed by atoms with van der Waals surface area (Å²) in [6, 6.07) is 3.56. The second-order valence-corrected chi connectivity index (χ2v) is 4.53. The van der Waals surface area contributed by atoms with Gasteiger partial charge < -0.3 is 10.4 Å². The summed E-state index contributed by atoms with van der Waals surface area (Å²) in [7, 11) is 0. The van der Waals surface area contributed by atoms with Crippen LogP contribution in [-0.2, 0) is 0 Å². The van der Waals surface area contributed by atoms with Crippen molar-refractivity contribution in [3.8, 4) is 5.75 Å². The molecule has 1 rings (SSSR count). The maximum Gasteiger partial charge on any atom is 0.254 e. The maximum atomic E-state index is 13.4. The fraction of sp³-hybridized carbons (Fsp3) is 0.500. The van der Waals surface area contributed by atoms with Gasteiger partial charge in [0.15, 0.2) is 0 Å². The van der Waals surface area contributed by atoms with E-state index in [1.54, 1.807) is 0 Å². The van der Waals surface area contributed by atoms with E-state index < -0.39 is 11.7 Å². The number of nitrogens with one attached hydrogen (secondary N) is 1. The van der Waals surface area contributed by atoms with Crippen LogP contribution in [0.2, 0.25) is 0 Å². The summed E-state index contributed by atoms with van der Waals surface area (Å²) in [4.78, 5) is 11.8. The molecule has 0 fully saturated rings. The van der Waals surface area contributed by atoms with Crippen LogP contribution < -0.4 is 5.32 Å². The van der Waals surface area contributed by atoms with Crippen LogP contribution in [0, 0.1) is 5.82 Å². The van der Waals surface area contributed by atoms with E-state index in [1.807, 2.05) is 6.92 Å². The molecule has 1 amide bonds. The summed E-state index contributed by atoms with van der Waals surface area (Å²) in [6.45, 7) is 4.03. The van der Waals surface area contributed by atoms with Gasteiger partial charge >= 0.3 is 0 Å². The Bertz CT molecular complexity index is 407. The van der Waals surface area contributed by atoms with Crippen LogP contribution >= 0.6 is 0 Å². The molecule has 0 spiro atoms. The van der Waals surface area contributed by atoms with Crippen molar-refractivity contribution in [1.29, 1.82) is 0 Å². The van der Waals surface area contributed by atoms with Crippen LogP contribution in [0.4, 0.5) is 4.39 Å². The van der Waals surface area contributed by atoms with Crippen LogP contribution in [0.15, 0.2) is 18.2 Å². The highest BCUT2D eigenvalue weighted by atomic mass is 19.1. The molecular weight excluding hydrogens is 233 g/mol. The van der Waals surface area contributed by atoms with E-state index in [0.29, 0.717) is 0 Å². The van der Waals surface area contributed by atoms with Gasteiger partial charge in [-0.1, -0.05) is 26.2 Å². The van der Waals surface area contributed by atoms with E-state index in [-0.39, 0.29) is 17.4 Å². The first kappa shape index (κ1) is 14.5. The topological polar surface area (TPSA) is 49.3 Å². The summed E-state index contributed by atoms with van der Waals surface area (Å²) in [6.07, 6.45) is 4.20. The van der Waals surface area contributed by atoms with Crippen LogP contribution in [0.25, 0.3) is 0 Å². The molecule has 4 heteroatoms. The Kier molecular flexibility index (Phi) is 5.62. The zero-order chi connectivity index (χ0) is 13.5. The molecule has 0 aliphatic heterocycles. The lowest BCUT2D eigenvalue weighted by molar-refractivity contribution is 0.0934. The van der Waals surface area contributed by atoms with Crippen LogP contribution in [0.5, 0.6) is 5.75 Å². The van der Waals surface area contributed by atoms with Crippen molar-refractivity contribution in [2.45, 2.75) is 45.6 Å². The lowest BCUT2D eigenvalue weighted by atomic mass is 10.1. The lowest BCUT2D eigenvalue weighted by Crippen LogP contribution is -2.33. The van der Waals surface area contributed by atoms with Gasteiger partial charge in [0.25, 0.3) is 5.91 Å². The monoisotopic (exact) mass is 253 g/mol. The van der Waals surface area contributed by atoms with Gasteiger partial charge in [0.05, 0.1) is 5.56 Å². The van der Waals surface area contributed by atoms with Gasteiger partial charge in [-0.2, -0.15) is 0 Å². The van der Waals surface area contributed by atoms with Crippen molar-refractivity contribution in [1.82, 2.24) is 5.32 Å². The van der Waals surface area contributed by atoms with E-state index in [2.05, 4.69) is 12.2 Å². The number of carbonyl (C=O) groups is 1. The number of unbranched alkanes of at least 4 members (excludes halogenated alkanes) is 2. The number of halogens is 1. The Labute approximate surface area is 107 Å². The Hall–Kier alpha value is -1.58. The van der Waals surface area contributed by atoms with Gasteiger partial charge in [0.1, 0.15) is 11.6 Å². The Morgan fingerprint density at radius 3 is 2.78 bits per heavy atom. The molecule has 2 N–H and O–H groups in total. The number of carbonyl (C=O) groups excluding carboxylic acids is 1.